The van der Waals surface area contributed by atoms with E-state index in [1.807, 2.05) is 54.6 Å². The largest absolute Gasteiger partial charge is 0.539 e. The molecule has 4 rings (SSSR count). The maximum atomic E-state index is 8.92. The van der Waals surface area contributed by atoms with Crippen LogP contribution in [0.15, 0.2) is 71.1 Å². The van der Waals surface area contributed by atoms with Gasteiger partial charge < -0.3 is 14.1 Å². The maximum Gasteiger partial charge on any atom is 0.504 e. The molecule has 0 saturated carbocycles. The van der Waals surface area contributed by atoms with Gasteiger partial charge in [0, 0.05) is 10.8 Å². The van der Waals surface area contributed by atoms with Gasteiger partial charge in [0.15, 0.2) is 0 Å². The first kappa shape index (κ1) is 13.0. The highest BCUT2D eigenvalue weighted by atomic mass is 16.5. The van der Waals surface area contributed by atoms with Crippen LogP contribution in [0.4, 0.5) is 0 Å². The lowest BCUT2D eigenvalue weighted by Crippen LogP contribution is -1.99. The highest BCUT2D eigenvalue weighted by Gasteiger charge is 2.12. The molecule has 3 aromatic carbocycles. The summed E-state index contributed by atoms with van der Waals surface area (Å²) in [5, 5.41) is 11.1. The number of furan rings is 1. The van der Waals surface area contributed by atoms with Crippen molar-refractivity contribution in [2.75, 3.05) is 0 Å². The van der Waals surface area contributed by atoms with Crippen LogP contribution in [-0.2, 0) is 0 Å². The van der Waals surface area contributed by atoms with Crippen molar-refractivity contribution < 1.29 is 14.1 Å². The Morgan fingerprint density at radius 1 is 0.864 bits per heavy atom. The first-order valence-corrected chi connectivity index (χ1v) is 7.11. The highest BCUT2D eigenvalue weighted by molar-refractivity contribution is 6.17. The molecule has 4 aromatic rings. The van der Waals surface area contributed by atoms with Crippen LogP contribution in [0.25, 0.3) is 33.1 Å². The zero-order valence-corrected chi connectivity index (χ0v) is 11.8. The van der Waals surface area contributed by atoms with E-state index in [-0.39, 0.29) is 7.69 Å². The van der Waals surface area contributed by atoms with Crippen LogP contribution in [-0.4, -0.2) is 12.7 Å². The smallest absolute Gasteiger partial charge is 0.504 e. The van der Waals surface area contributed by atoms with Crippen molar-refractivity contribution in [3.63, 3.8) is 0 Å². The fourth-order valence-corrected chi connectivity index (χ4v) is 2.84. The fraction of sp³-hybridized carbons (Fsp3) is 0. The molecule has 0 atom stereocenters. The minimum Gasteiger partial charge on any atom is -0.539 e. The van der Waals surface area contributed by atoms with E-state index in [4.69, 9.17) is 14.1 Å². The van der Waals surface area contributed by atoms with Gasteiger partial charge in [0.1, 0.15) is 16.9 Å². The van der Waals surface area contributed by atoms with Gasteiger partial charge in [-0.15, -0.1) is 0 Å². The van der Waals surface area contributed by atoms with Crippen molar-refractivity contribution in [1.29, 1.82) is 0 Å². The second kappa shape index (κ2) is 5.24. The molecule has 106 valence electrons. The summed E-state index contributed by atoms with van der Waals surface area (Å²) in [6.45, 7) is 0. The third-order valence-electron chi connectivity index (χ3n) is 3.78. The van der Waals surface area contributed by atoms with Gasteiger partial charge in [-0.2, -0.15) is 0 Å². The van der Waals surface area contributed by atoms with Crippen molar-refractivity contribution in [2.45, 2.75) is 0 Å². The van der Waals surface area contributed by atoms with Gasteiger partial charge in [-0.1, -0.05) is 42.5 Å². The summed E-state index contributed by atoms with van der Waals surface area (Å²) in [6.07, 6.45) is 0. The molecule has 0 saturated heterocycles. The monoisotopic (exact) mass is 288 g/mol. The Bertz CT molecular complexity index is 959. The molecule has 0 aliphatic rings. The molecule has 0 fully saturated rings. The van der Waals surface area contributed by atoms with Gasteiger partial charge in [0.25, 0.3) is 0 Å². The summed E-state index contributed by atoms with van der Waals surface area (Å²) in [7, 11) is -0.331. The summed E-state index contributed by atoms with van der Waals surface area (Å²) in [5.41, 5.74) is 3.87. The van der Waals surface area contributed by atoms with Gasteiger partial charge in [0.2, 0.25) is 0 Å². The van der Waals surface area contributed by atoms with Crippen molar-refractivity contribution in [3.05, 3.63) is 66.7 Å². The first-order chi connectivity index (χ1) is 10.9. The Hall–Kier alpha value is -2.72. The lowest BCUT2D eigenvalue weighted by Gasteiger charge is -2.07. The molecule has 0 aliphatic heterocycles. The Morgan fingerprint density at radius 3 is 2.59 bits per heavy atom. The molecule has 1 heterocycles. The number of benzene rings is 3. The molecule has 0 radical (unpaired) electrons. The van der Waals surface area contributed by atoms with Gasteiger partial charge in [-0.05, 0) is 35.4 Å². The van der Waals surface area contributed by atoms with Crippen LogP contribution in [0.3, 0.4) is 0 Å². The summed E-state index contributed by atoms with van der Waals surface area (Å²) >= 11 is 0. The zero-order chi connectivity index (χ0) is 14.9. The van der Waals surface area contributed by atoms with E-state index in [2.05, 4.69) is 12.1 Å². The minimum atomic E-state index is -0.331. The summed E-state index contributed by atoms with van der Waals surface area (Å²) in [5.74, 6) is 0.643. The van der Waals surface area contributed by atoms with Crippen LogP contribution >= 0.6 is 0 Å². The van der Waals surface area contributed by atoms with Crippen LogP contribution in [0.1, 0.15) is 0 Å². The van der Waals surface area contributed by atoms with Crippen LogP contribution in [0, 0.1) is 0 Å². The maximum absolute atomic E-state index is 8.92. The third kappa shape index (κ3) is 2.05. The highest BCUT2D eigenvalue weighted by Crippen LogP contribution is 2.37. The van der Waals surface area contributed by atoms with E-state index >= 15 is 0 Å². The zero-order valence-electron chi connectivity index (χ0n) is 11.8. The normalized spacial score (nSPS) is 11.0. The van der Waals surface area contributed by atoms with Crippen molar-refractivity contribution in [2.24, 2.45) is 0 Å². The van der Waals surface area contributed by atoms with Gasteiger partial charge in [-0.3, -0.25) is 0 Å². The molecule has 0 aliphatic carbocycles. The second-order valence-corrected chi connectivity index (χ2v) is 5.08. The van der Waals surface area contributed by atoms with Gasteiger partial charge >= 0.3 is 7.69 Å². The Labute approximate surface area is 128 Å². The quantitative estimate of drug-likeness (QED) is 0.581. The Kier molecular flexibility index (Phi) is 3.09. The van der Waals surface area contributed by atoms with Crippen LogP contribution in [0.2, 0.25) is 0 Å². The van der Waals surface area contributed by atoms with Crippen molar-refractivity contribution in [1.82, 2.24) is 0 Å². The van der Waals surface area contributed by atoms with Gasteiger partial charge in [0.05, 0.1) is 0 Å². The number of rotatable bonds is 3. The van der Waals surface area contributed by atoms with E-state index in [0.717, 1.165) is 33.1 Å². The summed E-state index contributed by atoms with van der Waals surface area (Å²) < 4.78 is 11.1. The summed E-state index contributed by atoms with van der Waals surface area (Å²) in [6, 6.07) is 21.8. The number of hydrogen-bond donors (Lipinski definition) is 1. The standard InChI is InChI=1S/C18H13BO3/c20-19-22-13-6-3-5-12(11-13)14-8-4-10-17-18(14)15-7-1-2-9-16(15)21-17/h1-11,19-20H. The average molecular weight is 288 g/mol. The summed E-state index contributed by atoms with van der Waals surface area (Å²) in [4.78, 5) is 0. The molecule has 0 bridgehead atoms. The van der Waals surface area contributed by atoms with E-state index in [1.165, 1.54) is 0 Å². The van der Waals surface area contributed by atoms with E-state index in [1.54, 1.807) is 0 Å². The number of fused-ring (bicyclic) bond motifs is 3. The lowest BCUT2D eigenvalue weighted by atomic mass is 9.99. The SMILES string of the molecule is OBOc1cccc(-c2cccc3oc4ccccc4c23)c1. The van der Waals surface area contributed by atoms with Crippen molar-refractivity contribution >= 4 is 29.6 Å². The average Bonchev–Trinajstić information content (AvgIpc) is 2.94. The first-order valence-electron chi connectivity index (χ1n) is 7.11. The van der Waals surface area contributed by atoms with E-state index < -0.39 is 0 Å². The molecule has 1 aromatic heterocycles. The van der Waals surface area contributed by atoms with E-state index in [0.29, 0.717) is 5.75 Å². The van der Waals surface area contributed by atoms with Crippen LogP contribution < -0.4 is 4.65 Å². The second-order valence-electron chi connectivity index (χ2n) is 5.08. The predicted molar refractivity (Wildman–Crippen MR) is 89.2 cm³/mol. The topological polar surface area (TPSA) is 42.6 Å². The van der Waals surface area contributed by atoms with Crippen molar-refractivity contribution in [3.8, 4) is 16.9 Å². The lowest BCUT2D eigenvalue weighted by molar-refractivity contribution is 0.454. The molecule has 4 heteroatoms. The molecular formula is C18H13BO3. The molecule has 22 heavy (non-hydrogen) atoms. The molecular weight excluding hydrogens is 275 g/mol. The van der Waals surface area contributed by atoms with E-state index in [9.17, 15) is 0 Å². The molecule has 0 unspecified atom stereocenters. The number of hydrogen-bond acceptors (Lipinski definition) is 3. The molecule has 0 spiro atoms. The molecule has 3 nitrogen and oxygen atoms in total. The van der Waals surface area contributed by atoms with Crippen LogP contribution in [0.5, 0.6) is 5.75 Å². The predicted octanol–water partition coefficient (Wildman–Crippen LogP) is 3.89. The third-order valence-corrected chi connectivity index (χ3v) is 3.78. The molecule has 1 N–H and O–H groups in total. The fourth-order valence-electron chi connectivity index (χ4n) is 2.84. The minimum absolute atomic E-state index is 0.331. The number of para-hydroxylation sites is 1. The molecule has 0 amide bonds. The Balaban J connectivity index is 2.00. The van der Waals surface area contributed by atoms with Gasteiger partial charge in [-0.25, -0.2) is 0 Å². The Morgan fingerprint density at radius 2 is 1.68 bits per heavy atom.